The fraction of sp³-hybridized carbons (Fsp3) is 0.318. The number of nitrogens with zero attached hydrogens (tertiary/aromatic N) is 6. The molecule has 1 aliphatic heterocycles. The number of nitrogens with two attached hydrogens (primary N) is 2. The van der Waals surface area contributed by atoms with Gasteiger partial charge in [0.2, 0.25) is 5.95 Å². The molecule has 3 aromatic rings. The van der Waals surface area contributed by atoms with Crippen LogP contribution in [0.25, 0.3) is 11.9 Å². The van der Waals surface area contributed by atoms with Gasteiger partial charge in [0.1, 0.15) is 5.82 Å². The zero-order valence-corrected chi connectivity index (χ0v) is 18.8. The fourth-order valence-electron chi connectivity index (χ4n) is 3.75. The molecule has 1 fully saturated rings. The molecule has 10 heteroatoms. The summed E-state index contributed by atoms with van der Waals surface area (Å²) in [5.41, 5.74) is 15.1. The van der Waals surface area contributed by atoms with Crippen molar-refractivity contribution < 1.29 is 4.39 Å². The van der Waals surface area contributed by atoms with Gasteiger partial charge >= 0.3 is 0 Å². The molecule has 170 valence electrons. The molecule has 2 aromatic heterocycles. The molecule has 1 aromatic carbocycles. The van der Waals surface area contributed by atoms with E-state index in [-0.39, 0.29) is 24.2 Å². The van der Waals surface area contributed by atoms with Crippen molar-refractivity contribution >= 4 is 30.1 Å². The highest BCUT2D eigenvalue weighted by Gasteiger charge is 2.17. The average Bonchev–Trinajstić information content (AvgIpc) is 3.14. The Bertz CT molecular complexity index is 1080. The number of nitrogen functional groups attached to an aromatic ring is 1. The van der Waals surface area contributed by atoms with Crippen molar-refractivity contribution in [3.05, 3.63) is 65.4 Å². The van der Waals surface area contributed by atoms with Gasteiger partial charge in [0.25, 0.3) is 0 Å². The van der Waals surface area contributed by atoms with Crippen LogP contribution in [-0.4, -0.2) is 57.4 Å². The Hall–Kier alpha value is -3.01. The summed E-state index contributed by atoms with van der Waals surface area (Å²) >= 11 is 0. The van der Waals surface area contributed by atoms with Crippen LogP contribution in [0.5, 0.6) is 0 Å². The topological polar surface area (TPSA) is 102 Å². The van der Waals surface area contributed by atoms with E-state index < -0.39 is 0 Å². The maximum Gasteiger partial charge on any atom is 0.221 e. The number of anilines is 2. The highest BCUT2D eigenvalue weighted by molar-refractivity contribution is 5.85. The molecule has 0 saturated carbocycles. The van der Waals surface area contributed by atoms with Crippen LogP contribution in [0.4, 0.5) is 16.0 Å². The minimum Gasteiger partial charge on any atom is -0.369 e. The summed E-state index contributed by atoms with van der Waals surface area (Å²) in [6.07, 6.45) is 7.67. The van der Waals surface area contributed by atoms with Crippen molar-refractivity contribution in [2.24, 2.45) is 5.73 Å². The molecule has 0 aliphatic carbocycles. The molecule has 0 unspecified atom stereocenters. The number of halogens is 2. The van der Waals surface area contributed by atoms with Gasteiger partial charge in [-0.2, -0.15) is 10.1 Å². The molecule has 1 saturated heterocycles. The van der Waals surface area contributed by atoms with Crippen LogP contribution in [0.15, 0.2) is 42.7 Å². The summed E-state index contributed by atoms with van der Waals surface area (Å²) in [6.45, 7) is 6.72. The Kier molecular flexibility index (Phi) is 7.79. The Balaban J connectivity index is 0.00000289. The first-order chi connectivity index (χ1) is 15.0. The van der Waals surface area contributed by atoms with Gasteiger partial charge in [0.15, 0.2) is 5.82 Å². The number of hydrogen-bond donors (Lipinski definition) is 2. The number of rotatable bonds is 6. The molecule has 4 N–H and O–H groups in total. The van der Waals surface area contributed by atoms with Gasteiger partial charge in [0.05, 0.1) is 11.9 Å². The maximum atomic E-state index is 13.8. The van der Waals surface area contributed by atoms with Crippen LogP contribution in [0.3, 0.4) is 0 Å². The van der Waals surface area contributed by atoms with Gasteiger partial charge in [-0.3, -0.25) is 4.90 Å². The second kappa shape index (κ2) is 10.5. The predicted octanol–water partition coefficient (Wildman–Crippen LogP) is 2.41. The number of hydrogen-bond acceptors (Lipinski definition) is 7. The number of benzene rings is 1. The molecule has 0 spiro atoms. The normalized spacial score (nSPS) is 14.7. The zero-order chi connectivity index (χ0) is 21.8. The van der Waals surface area contributed by atoms with E-state index in [1.165, 1.54) is 6.07 Å². The van der Waals surface area contributed by atoms with E-state index in [2.05, 4.69) is 37.0 Å². The van der Waals surface area contributed by atoms with Crippen molar-refractivity contribution in [1.82, 2.24) is 24.6 Å². The quantitative estimate of drug-likeness (QED) is 0.584. The second-order valence-corrected chi connectivity index (χ2v) is 7.58. The number of aromatic nitrogens is 4. The third kappa shape index (κ3) is 5.42. The molecule has 0 radical (unpaired) electrons. The average molecular weight is 459 g/mol. The molecule has 3 heterocycles. The van der Waals surface area contributed by atoms with Crippen molar-refractivity contribution in [3.63, 3.8) is 0 Å². The largest absolute Gasteiger partial charge is 0.369 e. The molecular weight excluding hydrogens is 431 g/mol. The van der Waals surface area contributed by atoms with Gasteiger partial charge in [-0.1, -0.05) is 12.2 Å². The summed E-state index contributed by atoms with van der Waals surface area (Å²) < 4.78 is 15.6. The van der Waals surface area contributed by atoms with Crippen LogP contribution in [-0.2, 0) is 6.54 Å². The standard InChI is InChI=1S/C22H27FN8.ClH/c1-16-18(15-27-31(16)21-4-5-26-22(25)28-21)3-2-6-29-7-9-30(10-8-29)20-12-17(14-24)11-19(23)13-20;/h2-5,11-13,15H,6-10,14,24H2,1H3,(H2,25,26,28);1H. The van der Waals surface area contributed by atoms with Gasteiger partial charge in [-0.15, -0.1) is 12.4 Å². The van der Waals surface area contributed by atoms with Crippen LogP contribution in [0, 0.1) is 12.7 Å². The first kappa shape index (κ1) is 23.6. The summed E-state index contributed by atoms with van der Waals surface area (Å²) in [4.78, 5) is 12.7. The molecule has 0 amide bonds. The van der Waals surface area contributed by atoms with Crippen LogP contribution in [0.2, 0.25) is 0 Å². The molecule has 0 atom stereocenters. The molecule has 8 nitrogen and oxygen atoms in total. The molecule has 4 rings (SSSR count). The van der Waals surface area contributed by atoms with Gasteiger partial charge in [-0.25, -0.2) is 14.1 Å². The van der Waals surface area contributed by atoms with E-state index in [0.29, 0.717) is 12.4 Å². The van der Waals surface area contributed by atoms with Crippen molar-refractivity contribution in [2.45, 2.75) is 13.5 Å². The van der Waals surface area contributed by atoms with E-state index >= 15 is 0 Å². The van der Waals surface area contributed by atoms with E-state index in [1.807, 2.05) is 19.2 Å². The monoisotopic (exact) mass is 458 g/mol. The summed E-state index contributed by atoms with van der Waals surface area (Å²) in [5.74, 6) is 0.640. The lowest BCUT2D eigenvalue weighted by atomic mass is 10.1. The zero-order valence-electron chi connectivity index (χ0n) is 18.0. The van der Waals surface area contributed by atoms with Crippen molar-refractivity contribution in [3.8, 4) is 5.82 Å². The van der Waals surface area contributed by atoms with E-state index in [1.54, 1.807) is 23.0 Å². The van der Waals surface area contributed by atoms with E-state index in [4.69, 9.17) is 11.5 Å². The highest BCUT2D eigenvalue weighted by atomic mass is 35.5. The molecule has 1 aliphatic rings. The second-order valence-electron chi connectivity index (χ2n) is 7.58. The summed E-state index contributed by atoms with van der Waals surface area (Å²) in [5, 5.41) is 4.42. The maximum absolute atomic E-state index is 13.8. The predicted molar refractivity (Wildman–Crippen MR) is 128 cm³/mol. The highest BCUT2D eigenvalue weighted by Crippen LogP contribution is 2.20. The van der Waals surface area contributed by atoms with Crippen LogP contribution >= 0.6 is 12.4 Å². The van der Waals surface area contributed by atoms with E-state index in [9.17, 15) is 4.39 Å². The summed E-state index contributed by atoms with van der Waals surface area (Å²) in [6, 6.07) is 6.83. The third-order valence-electron chi connectivity index (χ3n) is 5.50. The lowest BCUT2D eigenvalue weighted by Crippen LogP contribution is -2.46. The smallest absolute Gasteiger partial charge is 0.221 e. The minimum absolute atomic E-state index is 0. The van der Waals surface area contributed by atoms with Crippen LogP contribution < -0.4 is 16.4 Å². The molecule has 0 bridgehead atoms. The lowest BCUT2D eigenvalue weighted by molar-refractivity contribution is 0.284. The minimum atomic E-state index is -0.233. The van der Waals surface area contributed by atoms with Crippen LogP contribution in [0.1, 0.15) is 16.8 Å². The van der Waals surface area contributed by atoms with Crippen molar-refractivity contribution in [2.75, 3.05) is 43.4 Å². The van der Waals surface area contributed by atoms with E-state index in [0.717, 1.165) is 55.2 Å². The first-order valence-corrected chi connectivity index (χ1v) is 10.3. The Morgan fingerprint density at radius 1 is 1.16 bits per heavy atom. The van der Waals surface area contributed by atoms with Gasteiger partial charge < -0.3 is 16.4 Å². The van der Waals surface area contributed by atoms with Gasteiger partial charge in [0, 0.05) is 62.8 Å². The SMILES string of the molecule is Cc1c(C=CCN2CCN(c3cc(F)cc(CN)c3)CC2)cnn1-c1ccnc(N)n1.Cl. The summed E-state index contributed by atoms with van der Waals surface area (Å²) in [7, 11) is 0. The molecular formula is C22H28ClFN8. The fourth-order valence-corrected chi connectivity index (χ4v) is 3.75. The Labute approximate surface area is 193 Å². The lowest BCUT2D eigenvalue weighted by Gasteiger charge is -2.35. The molecule has 32 heavy (non-hydrogen) atoms. The first-order valence-electron chi connectivity index (χ1n) is 10.3. The van der Waals surface area contributed by atoms with Crippen molar-refractivity contribution in [1.29, 1.82) is 0 Å². The number of piperazine rings is 1. The Morgan fingerprint density at radius 3 is 2.66 bits per heavy atom. The third-order valence-corrected chi connectivity index (χ3v) is 5.50. The Morgan fingerprint density at radius 2 is 1.94 bits per heavy atom. The van der Waals surface area contributed by atoms with Gasteiger partial charge in [-0.05, 0) is 30.7 Å².